The number of hydrogen-bond acceptors (Lipinski definition) is 2. The third-order valence-electron chi connectivity index (χ3n) is 3.73. The number of pyridine rings is 1. The highest BCUT2D eigenvalue weighted by Crippen LogP contribution is 2.31. The number of rotatable bonds is 1. The SMILES string of the molecule is Cc1cc(-c2cccc(Cl)c2)c2c(n1)C(=O)CCCC2. The van der Waals surface area contributed by atoms with E-state index in [0.717, 1.165) is 41.6 Å². The summed E-state index contributed by atoms with van der Waals surface area (Å²) in [5.41, 5.74) is 4.80. The molecule has 0 amide bonds. The number of carbonyl (C=O) groups excluding carboxylic acids is 1. The molecule has 0 spiro atoms. The molecule has 1 aliphatic rings. The minimum Gasteiger partial charge on any atom is -0.292 e. The minimum absolute atomic E-state index is 0.171. The average Bonchev–Trinajstić information content (AvgIpc) is 2.61. The maximum absolute atomic E-state index is 12.2. The van der Waals surface area contributed by atoms with Crippen LogP contribution in [-0.4, -0.2) is 10.8 Å². The van der Waals surface area contributed by atoms with Crippen LogP contribution >= 0.6 is 11.6 Å². The Hall–Kier alpha value is -1.67. The Morgan fingerprint density at radius 1 is 1.15 bits per heavy atom. The lowest BCUT2D eigenvalue weighted by Gasteiger charge is -2.13. The Balaban J connectivity index is 2.23. The Morgan fingerprint density at radius 2 is 1.95 bits per heavy atom. The van der Waals surface area contributed by atoms with E-state index >= 15 is 0 Å². The molecule has 1 aromatic carbocycles. The van der Waals surface area contributed by atoms with Crippen molar-refractivity contribution in [1.82, 2.24) is 4.98 Å². The first-order chi connectivity index (χ1) is 9.65. The molecule has 0 saturated carbocycles. The lowest BCUT2D eigenvalue weighted by atomic mass is 9.95. The highest BCUT2D eigenvalue weighted by atomic mass is 35.5. The molecule has 0 saturated heterocycles. The molecule has 2 nitrogen and oxygen atoms in total. The number of fused-ring (bicyclic) bond motifs is 1. The van der Waals surface area contributed by atoms with Crippen molar-refractivity contribution >= 4 is 17.4 Å². The molecule has 0 atom stereocenters. The van der Waals surface area contributed by atoms with E-state index in [0.29, 0.717) is 17.1 Å². The zero-order valence-electron chi connectivity index (χ0n) is 11.4. The number of benzene rings is 1. The first kappa shape index (κ1) is 13.3. The van der Waals surface area contributed by atoms with E-state index in [1.54, 1.807) is 0 Å². The van der Waals surface area contributed by atoms with Crippen LogP contribution in [0.15, 0.2) is 30.3 Å². The largest absolute Gasteiger partial charge is 0.292 e. The van der Waals surface area contributed by atoms with Crippen molar-refractivity contribution in [3.05, 3.63) is 52.3 Å². The first-order valence-electron chi connectivity index (χ1n) is 6.95. The third-order valence-corrected chi connectivity index (χ3v) is 3.97. The monoisotopic (exact) mass is 285 g/mol. The maximum Gasteiger partial charge on any atom is 0.181 e. The van der Waals surface area contributed by atoms with Crippen LogP contribution in [-0.2, 0) is 6.42 Å². The van der Waals surface area contributed by atoms with Gasteiger partial charge < -0.3 is 0 Å². The maximum atomic E-state index is 12.2. The summed E-state index contributed by atoms with van der Waals surface area (Å²) in [4.78, 5) is 16.7. The van der Waals surface area contributed by atoms with Crippen LogP contribution in [0.3, 0.4) is 0 Å². The Labute approximate surface area is 123 Å². The van der Waals surface area contributed by atoms with Crippen LogP contribution in [0.4, 0.5) is 0 Å². The van der Waals surface area contributed by atoms with Gasteiger partial charge in [0.15, 0.2) is 5.78 Å². The number of hydrogen-bond donors (Lipinski definition) is 0. The van der Waals surface area contributed by atoms with Crippen molar-refractivity contribution in [2.45, 2.75) is 32.6 Å². The number of ketones is 1. The van der Waals surface area contributed by atoms with Crippen LogP contribution in [0.5, 0.6) is 0 Å². The number of halogens is 1. The number of Topliss-reactive ketones (excluding diaryl/α,β-unsaturated/α-hetero) is 1. The van der Waals surface area contributed by atoms with Gasteiger partial charge in [0.2, 0.25) is 0 Å². The van der Waals surface area contributed by atoms with Crippen LogP contribution < -0.4 is 0 Å². The molecule has 102 valence electrons. The van der Waals surface area contributed by atoms with Gasteiger partial charge in [-0.1, -0.05) is 23.7 Å². The predicted molar refractivity (Wildman–Crippen MR) is 81.3 cm³/mol. The van der Waals surface area contributed by atoms with Crippen LogP contribution in [0.1, 0.15) is 41.0 Å². The van der Waals surface area contributed by atoms with Gasteiger partial charge in [0.25, 0.3) is 0 Å². The summed E-state index contributed by atoms with van der Waals surface area (Å²) >= 11 is 6.10. The van der Waals surface area contributed by atoms with Crippen molar-refractivity contribution < 1.29 is 4.79 Å². The van der Waals surface area contributed by atoms with Gasteiger partial charge in [-0.2, -0.15) is 0 Å². The van der Waals surface area contributed by atoms with Crippen molar-refractivity contribution in [1.29, 1.82) is 0 Å². The van der Waals surface area contributed by atoms with Crippen molar-refractivity contribution in [3.8, 4) is 11.1 Å². The van der Waals surface area contributed by atoms with Gasteiger partial charge in [0, 0.05) is 17.1 Å². The summed E-state index contributed by atoms with van der Waals surface area (Å²) in [5.74, 6) is 0.171. The molecule has 1 heterocycles. The van der Waals surface area contributed by atoms with E-state index in [2.05, 4.69) is 11.1 Å². The Bertz CT molecular complexity index is 679. The van der Waals surface area contributed by atoms with E-state index in [4.69, 9.17) is 11.6 Å². The second-order valence-corrected chi connectivity index (χ2v) is 5.72. The van der Waals surface area contributed by atoms with Gasteiger partial charge in [0.1, 0.15) is 5.69 Å². The molecule has 0 fully saturated rings. The molecule has 0 aliphatic heterocycles. The second kappa shape index (κ2) is 5.37. The molecule has 3 rings (SSSR count). The quantitative estimate of drug-likeness (QED) is 0.716. The van der Waals surface area contributed by atoms with Gasteiger partial charge in [-0.05, 0) is 61.1 Å². The molecule has 0 radical (unpaired) electrons. The molecule has 0 N–H and O–H groups in total. The van der Waals surface area contributed by atoms with E-state index in [9.17, 15) is 4.79 Å². The molecule has 0 unspecified atom stereocenters. The van der Waals surface area contributed by atoms with Crippen molar-refractivity contribution in [3.63, 3.8) is 0 Å². The molecule has 2 aromatic rings. The van der Waals surface area contributed by atoms with E-state index in [1.807, 2.05) is 31.2 Å². The fourth-order valence-corrected chi connectivity index (χ4v) is 2.99. The smallest absolute Gasteiger partial charge is 0.181 e. The van der Waals surface area contributed by atoms with Crippen molar-refractivity contribution in [2.75, 3.05) is 0 Å². The fraction of sp³-hybridized carbons (Fsp3) is 0.294. The normalized spacial score (nSPS) is 14.8. The molecule has 3 heteroatoms. The van der Waals surface area contributed by atoms with E-state index in [-0.39, 0.29) is 5.78 Å². The number of carbonyl (C=O) groups is 1. The summed E-state index contributed by atoms with van der Waals surface area (Å²) in [7, 11) is 0. The van der Waals surface area contributed by atoms with Gasteiger partial charge in [-0.15, -0.1) is 0 Å². The lowest BCUT2D eigenvalue weighted by molar-refractivity contribution is 0.0977. The molecular formula is C17H16ClNO. The lowest BCUT2D eigenvalue weighted by Crippen LogP contribution is -2.07. The topological polar surface area (TPSA) is 30.0 Å². The highest BCUT2D eigenvalue weighted by Gasteiger charge is 2.21. The zero-order chi connectivity index (χ0) is 14.1. The molecule has 0 bridgehead atoms. The van der Waals surface area contributed by atoms with Crippen LogP contribution in [0.25, 0.3) is 11.1 Å². The summed E-state index contributed by atoms with van der Waals surface area (Å²) in [5, 5.41) is 0.714. The number of aryl methyl sites for hydroxylation is 1. The second-order valence-electron chi connectivity index (χ2n) is 5.28. The number of aromatic nitrogens is 1. The van der Waals surface area contributed by atoms with Gasteiger partial charge in [-0.3, -0.25) is 4.79 Å². The average molecular weight is 286 g/mol. The molecule has 20 heavy (non-hydrogen) atoms. The summed E-state index contributed by atoms with van der Waals surface area (Å²) in [6.45, 7) is 1.94. The van der Waals surface area contributed by atoms with Crippen LogP contribution in [0.2, 0.25) is 5.02 Å². The van der Waals surface area contributed by atoms with Gasteiger partial charge >= 0.3 is 0 Å². The molecule has 1 aromatic heterocycles. The van der Waals surface area contributed by atoms with Crippen molar-refractivity contribution in [2.24, 2.45) is 0 Å². The standard InChI is InChI=1S/C17H16ClNO/c1-11-9-15(12-5-4-6-13(18)10-12)14-7-2-3-8-16(20)17(14)19-11/h4-6,9-10H,2-3,7-8H2,1H3. The third kappa shape index (κ3) is 2.48. The summed E-state index contributed by atoms with van der Waals surface area (Å²) in [6.07, 6.45) is 3.51. The molecular weight excluding hydrogens is 270 g/mol. The Morgan fingerprint density at radius 3 is 2.75 bits per heavy atom. The van der Waals surface area contributed by atoms with Crippen LogP contribution in [0, 0.1) is 6.92 Å². The molecule has 1 aliphatic carbocycles. The Kier molecular flexibility index (Phi) is 3.58. The summed E-state index contributed by atoms with van der Waals surface area (Å²) < 4.78 is 0. The summed E-state index contributed by atoms with van der Waals surface area (Å²) in [6, 6.07) is 9.85. The minimum atomic E-state index is 0.171. The number of nitrogens with zero attached hydrogens (tertiary/aromatic N) is 1. The zero-order valence-corrected chi connectivity index (χ0v) is 12.2. The van der Waals surface area contributed by atoms with E-state index < -0.39 is 0 Å². The van der Waals surface area contributed by atoms with Gasteiger partial charge in [-0.25, -0.2) is 4.98 Å². The first-order valence-corrected chi connectivity index (χ1v) is 7.32. The predicted octanol–water partition coefficient (Wildman–Crippen LogP) is 4.62. The van der Waals surface area contributed by atoms with E-state index in [1.165, 1.54) is 0 Å². The fourth-order valence-electron chi connectivity index (χ4n) is 2.80. The highest BCUT2D eigenvalue weighted by molar-refractivity contribution is 6.30. The van der Waals surface area contributed by atoms with Gasteiger partial charge in [0.05, 0.1) is 0 Å².